The molecule has 58 valence electrons. The quantitative estimate of drug-likeness (QED) is 0.536. The molecule has 0 aromatic rings. The van der Waals surface area contributed by atoms with Gasteiger partial charge in [-0.3, -0.25) is 15.4 Å². The maximum absolute atomic E-state index is 11.0. The Bertz CT molecular complexity index is 139. The smallest absolute Gasteiger partial charge is 0.164 e. The van der Waals surface area contributed by atoms with Crippen molar-refractivity contribution in [3.8, 4) is 0 Å². The number of hydrogen-bond donors (Lipinski definition) is 2. The summed E-state index contributed by atoms with van der Waals surface area (Å²) in [6, 6.07) is 0. The summed E-state index contributed by atoms with van der Waals surface area (Å²) in [5.74, 6) is 0.159. The van der Waals surface area contributed by atoms with E-state index in [4.69, 9.17) is 0 Å². The molecule has 0 aromatic carbocycles. The summed E-state index contributed by atoms with van der Waals surface area (Å²) >= 11 is 0. The van der Waals surface area contributed by atoms with Gasteiger partial charge in [0.25, 0.3) is 0 Å². The van der Waals surface area contributed by atoms with Crippen molar-refractivity contribution in [2.45, 2.75) is 25.9 Å². The minimum Gasteiger partial charge on any atom is -0.296 e. The van der Waals surface area contributed by atoms with Gasteiger partial charge in [0.15, 0.2) is 5.78 Å². The summed E-state index contributed by atoms with van der Waals surface area (Å²) in [7, 11) is 0. The summed E-state index contributed by atoms with van der Waals surface area (Å²) in [6.07, 6.45) is 1.10. The molecule has 1 aliphatic heterocycles. The van der Waals surface area contributed by atoms with Crippen molar-refractivity contribution in [3.63, 3.8) is 0 Å². The van der Waals surface area contributed by atoms with Crippen molar-refractivity contribution in [1.82, 2.24) is 10.6 Å². The molecule has 0 unspecified atom stereocenters. The zero-order valence-electron chi connectivity index (χ0n) is 6.53. The van der Waals surface area contributed by atoms with Gasteiger partial charge in [-0.2, -0.15) is 0 Å². The highest BCUT2D eigenvalue weighted by molar-refractivity contribution is 5.85. The Morgan fingerprint density at radius 2 is 1.90 bits per heavy atom. The third-order valence-corrected chi connectivity index (χ3v) is 2.01. The molecule has 0 aliphatic carbocycles. The van der Waals surface area contributed by atoms with E-state index in [1.54, 1.807) is 6.92 Å². The molecular formula is C7H14N2O. The predicted octanol–water partition coefficient (Wildman–Crippen LogP) is -0.126. The summed E-state index contributed by atoms with van der Waals surface area (Å²) < 4.78 is 0. The number of rotatable bonds is 1. The van der Waals surface area contributed by atoms with Crippen LogP contribution in [0.2, 0.25) is 0 Å². The maximum Gasteiger partial charge on any atom is 0.164 e. The normalized spacial score (nSPS) is 24.2. The fourth-order valence-electron chi connectivity index (χ4n) is 1.08. The maximum atomic E-state index is 11.0. The van der Waals surface area contributed by atoms with Crippen molar-refractivity contribution in [1.29, 1.82) is 0 Å². The van der Waals surface area contributed by atoms with E-state index in [2.05, 4.69) is 10.6 Å². The Morgan fingerprint density at radius 1 is 1.40 bits per heavy atom. The van der Waals surface area contributed by atoms with Crippen molar-refractivity contribution in [2.24, 2.45) is 0 Å². The molecule has 0 atom stereocenters. The topological polar surface area (TPSA) is 41.1 Å². The van der Waals surface area contributed by atoms with Gasteiger partial charge in [-0.15, -0.1) is 0 Å². The largest absolute Gasteiger partial charge is 0.296 e. The SMILES string of the molecule is CC(=O)C1(C)NCCCN1. The van der Waals surface area contributed by atoms with Crippen LogP contribution in [-0.2, 0) is 4.79 Å². The van der Waals surface area contributed by atoms with Crippen LogP contribution in [0, 0.1) is 0 Å². The van der Waals surface area contributed by atoms with E-state index >= 15 is 0 Å². The van der Waals surface area contributed by atoms with E-state index in [0.717, 1.165) is 19.5 Å². The van der Waals surface area contributed by atoms with Gasteiger partial charge in [0.2, 0.25) is 0 Å². The third-order valence-electron chi connectivity index (χ3n) is 2.01. The van der Waals surface area contributed by atoms with E-state index in [1.807, 2.05) is 6.92 Å². The second-order valence-electron chi connectivity index (χ2n) is 2.89. The Labute approximate surface area is 61.2 Å². The number of Topliss-reactive ketones (excluding diaryl/α,β-unsaturated/α-hetero) is 1. The molecule has 1 rings (SSSR count). The van der Waals surface area contributed by atoms with Crippen LogP contribution in [0.3, 0.4) is 0 Å². The highest BCUT2D eigenvalue weighted by Crippen LogP contribution is 2.04. The molecule has 2 N–H and O–H groups in total. The summed E-state index contributed by atoms with van der Waals surface area (Å²) in [6.45, 7) is 5.35. The number of carbonyl (C=O) groups excluding carboxylic acids is 1. The summed E-state index contributed by atoms with van der Waals surface area (Å²) in [5.41, 5.74) is -0.460. The van der Waals surface area contributed by atoms with Gasteiger partial charge >= 0.3 is 0 Å². The molecule has 3 nitrogen and oxygen atoms in total. The van der Waals surface area contributed by atoms with E-state index in [9.17, 15) is 4.79 Å². The van der Waals surface area contributed by atoms with Gasteiger partial charge in [0.1, 0.15) is 5.66 Å². The highest BCUT2D eigenvalue weighted by Gasteiger charge is 2.29. The van der Waals surface area contributed by atoms with Gasteiger partial charge in [0.05, 0.1) is 0 Å². The molecule has 0 aromatic heterocycles. The lowest BCUT2D eigenvalue weighted by Crippen LogP contribution is -2.63. The average Bonchev–Trinajstić information content (AvgIpc) is 1.89. The second-order valence-corrected chi connectivity index (χ2v) is 2.89. The molecule has 0 radical (unpaired) electrons. The van der Waals surface area contributed by atoms with Crippen molar-refractivity contribution < 1.29 is 4.79 Å². The Kier molecular flexibility index (Phi) is 2.06. The van der Waals surface area contributed by atoms with E-state index in [-0.39, 0.29) is 5.78 Å². The molecule has 0 bridgehead atoms. The van der Waals surface area contributed by atoms with Crippen molar-refractivity contribution in [3.05, 3.63) is 0 Å². The van der Waals surface area contributed by atoms with Crippen LogP contribution in [0.15, 0.2) is 0 Å². The first-order valence-electron chi connectivity index (χ1n) is 3.66. The van der Waals surface area contributed by atoms with Crippen LogP contribution in [-0.4, -0.2) is 24.5 Å². The van der Waals surface area contributed by atoms with Gasteiger partial charge < -0.3 is 0 Å². The van der Waals surface area contributed by atoms with Crippen molar-refractivity contribution >= 4 is 5.78 Å². The first kappa shape index (κ1) is 7.69. The van der Waals surface area contributed by atoms with E-state index < -0.39 is 5.66 Å². The van der Waals surface area contributed by atoms with E-state index in [0.29, 0.717) is 0 Å². The fraction of sp³-hybridized carbons (Fsp3) is 0.857. The second kappa shape index (κ2) is 2.68. The molecular weight excluding hydrogens is 128 g/mol. The average molecular weight is 142 g/mol. The molecule has 0 amide bonds. The lowest BCUT2D eigenvalue weighted by Gasteiger charge is -2.33. The van der Waals surface area contributed by atoms with Crippen LogP contribution >= 0.6 is 0 Å². The minimum absolute atomic E-state index is 0.159. The number of carbonyl (C=O) groups is 1. The van der Waals surface area contributed by atoms with Crippen LogP contribution in [0.25, 0.3) is 0 Å². The van der Waals surface area contributed by atoms with Crippen LogP contribution in [0.5, 0.6) is 0 Å². The van der Waals surface area contributed by atoms with Crippen LogP contribution < -0.4 is 10.6 Å². The molecule has 10 heavy (non-hydrogen) atoms. The summed E-state index contributed by atoms with van der Waals surface area (Å²) in [5, 5.41) is 6.27. The fourth-order valence-corrected chi connectivity index (χ4v) is 1.08. The van der Waals surface area contributed by atoms with Gasteiger partial charge in [0, 0.05) is 0 Å². The lowest BCUT2D eigenvalue weighted by atomic mass is 10.1. The zero-order valence-corrected chi connectivity index (χ0v) is 6.53. The number of nitrogens with one attached hydrogen (secondary N) is 2. The Balaban J connectivity index is 2.56. The lowest BCUT2D eigenvalue weighted by molar-refractivity contribution is -0.124. The predicted molar refractivity (Wildman–Crippen MR) is 39.7 cm³/mol. The first-order chi connectivity index (χ1) is 4.65. The Morgan fingerprint density at radius 3 is 2.20 bits per heavy atom. The minimum atomic E-state index is -0.460. The third kappa shape index (κ3) is 1.36. The van der Waals surface area contributed by atoms with E-state index in [1.165, 1.54) is 0 Å². The zero-order chi connectivity index (χ0) is 7.61. The van der Waals surface area contributed by atoms with Crippen LogP contribution in [0.4, 0.5) is 0 Å². The highest BCUT2D eigenvalue weighted by atomic mass is 16.1. The molecule has 1 fully saturated rings. The molecule has 3 heteroatoms. The number of hydrogen-bond acceptors (Lipinski definition) is 3. The molecule has 1 saturated heterocycles. The molecule has 0 spiro atoms. The van der Waals surface area contributed by atoms with Gasteiger partial charge in [-0.25, -0.2) is 0 Å². The molecule has 0 saturated carbocycles. The van der Waals surface area contributed by atoms with Crippen LogP contribution in [0.1, 0.15) is 20.3 Å². The summed E-state index contributed by atoms with van der Waals surface area (Å²) in [4.78, 5) is 11.0. The standard InChI is InChI=1S/C7H14N2O/c1-6(10)7(2)8-4-3-5-9-7/h8-9H,3-5H2,1-2H3. The van der Waals surface area contributed by atoms with Gasteiger partial charge in [-0.1, -0.05) is 0 Å². The van der Waals surface area contributed by atoms with Crippen molar-refractivity contribution in [2.75, 3.05) is 13.1 Å². The van der Waals surface area contributed by atoms with Gasteiger partial charge in [-0.05, 0) is 33.4 Å². The molecule has 1 heterocycles. The first-order valence-corrected chi connectivity index (χ1v) is 3.66. The Hall–Kier alpha value is -0.410. The molecule has 1 aliphatic rings. The monoisotopic (exact) mass is 142 g/mol. The number of ketones is 1.